The van der Waals surface area contributed by atoms with E-state index >= 15 is 0 Å². The van der Waals surface area contributed by atoms with E-state index in [0.29, 0.717) is 12.0 Å². The van der Waals surface area contributed by atoms with Crippen LogP contribution in [0.25, 0.3) is 0 Å². The second kappa shape index (κ2) is 15.0. The number of hydrogen-bond acceptors (Lipinski definition) is 7. The van der Waals surface area contributed by atoms with Gasteiger partial charge >= 0.3 is 5.97 Å². The third-order valence-electron chi connectivity index (χ3n) is 5.58. The summed E-state index contributed by atoms with van der Waals surface area (Å²) in [5, 5.41) is 16.9. The van der Waals surface area contributed by atoms with Crippen molar-refractivity contribution in [2.75, 3.05) is 5.75 Å². The molecule has 0 aromatic heterocycles. The fourth-order valence-electron chi connectivity index (χ4n) is 3.12. The van der Waals surface area contributed by atoms with Gasteiger partial charge in [-0.1, -0.05) is 50.6 Å². The van der Waals surface area contributed by atoms with Crippen molar-refractivity contribution in [2.24, 2.45) is 17.4 Å². The zero-order valence-electron chi connectivity index (χ0n) is 19.9. The van der Waals surface area contributed by atoms with Crippen molar-refractivity contribution >= 4 is 42.2 Å². The monoisotopic (exact) mass is 509 g/mol. The first-order chi connectivity index (χ1) is 16.5. The molecule has 4 amide bonds. The van der Waals surface area contributed by atoms with E-state index in [1.807, 2.05) is 13.8 Å². The topological polar surface area (TPSA) is 194 Å². The summed E-state index contributed by atoms with van der Waals surface area (Å²) in [5.41, 5.74) is 11.7. The molecule has 1 aromatic rings. The number of nitrogens with two attached hydrogens (primary N) is 2. The van der Waals surface area contributed by atoms with Gasteiger partial charge in [-0.3, -0.25) is 19.2 Å². The van der Waals surface area contributed by atoms with Crippen LogP contribution in [0.1, 0.15) is 38.7 Å². The average Bonchev–Trinajstić information content (AvgIpc) is 2.83. The number of carbonyl (C=O) groups is 5. The quantitative estimate of drug-likeness (QED) is 0.152. The predicted octanol–water partition coefficient (Wildman–Crippen LogP) is -0.663. The second-order valence-corrected chi connectivity index (χ2v) is 8.68. The van der Waals surface area contributed by atoms with Crippen LogP contribution < -0.4 is 27.4 Å². The van der Waals surface area contributed by atoms with Gasteiger partial charge in [0.15, 0.2) is 0 Å². The zero-order chi connectivity index (χ0) is 26.5. The molecule has 0 saturated carbocycles. The van der Waals surface area contributed by atoms with Crippen LogP contribution in [-0.4, -0.2) is 64.6 Å². The molecule has 1 rings (SSSR count). The minimum atomic E-state index is -1.38. The smallest absolute Gasteiger partial charge is 0.326 e. The predicted molar refractivity (Wildman–Crippen MR) is 133 cm³/mol. The Balaban J connectivity index is 3.02. The maximum Gasteiger partial charge on any atom is 0.326 e. The van der Waals surface area contributed by atoms with Crippen LogP contribution in [0.15, 0.2) is 30.3 Å². The zero-order valence-corrected chi connectivity index (χ0v) is 20.8. The summed E-state index contributed by atoms with van der Waals surface area (Å²) in [6.45, 7) is 3.71. The lowest BCUT2D eigenvalue weighted by Gasteiger charge is -2.25. The summed E-state index contributed by atoms with van der Waals surface area (Å²) in [5.74, 6) is -4.17. The molecular weight excluding hydrogens is 474 g/mol. The molecule has 12 heteroatoms. The second-order valence-electron chi connectivity index (χ2n) is 8.31. The molecule has 0 aliphatic rings. The van der Waals surface area contributed by atoms with Gasteiger partial charge < -0.3 is 32.5 Å². The molecule has 0 aliphatic heterocycles. The van der Waals surface area contributed by atoms with Crippen molar-refractivity contribution in [3.63, 3.8) is 0 Å². The molecule has 194 valence electrons. The fraction of sp³-hybridized carbons (Fsp3) is 0.522. The van der Waals surface area contributed by atoms with Crippen LogP contribution in [-0.2, 0) is 30.4 Å². The summed E-state index contributed by atoms with van der Waals surface area (Å²) >= 11 is 4.14. The van der Waals surface area contributed by atoms with E-state index in [2.05, 4.69) is 28.6 Å². The van der Waals surface area contributed by atoms with Gasteiger partial charge in [0.25, 0.3) is 0 Å². The van der Waals surface area contributed by atoms with E-state index in [1.165, 1.54) is 0 Å². The first kappa shape index (κ1) is 29.9. The lowest BCUT2D eigenvalue weighted by Crippen LogP contribution is -2.58. The fourth-order valence-corrected chi connectivity index (χ4v) is 3.38. The molecule has 5 atom stereocenters. The van der Waals surface area contributed by atoms with Crippen molar-refractivity contribution in [3.8, 4) is 0 Å². The van der Waals surface area contributed by atoms with E-state index in [0.717, 1.165) is 0 Å². The molecule has 0 saturated heterocycles. The lowest BCUT2D eigenvalue weighted by molar-refractivity contribution is -0.142. The van der Waals surface area contributed by atoms with Crippen molar-refractivity contribution in [1.29, 1.82) is 0 Å². The van der Waals surface area contributed by atoms with Crippen molar-refractivity contribution in [1.82, 2.24) is 16.0 Å². The van der Waals surface area contributed by atoms with Crippen molar-refractivity contribution in [3.05, 3.63) is 35.9 Å². The Kier molecular flexibility index (Phi) is 12.8. The molecule has 5 unspecified atom stereocenters. The highest BCUT2D eigenvalue weighted by Crippen LogP contribution is 2.08. The first-order valence-electron chi connectivity index (χ1n) is 11.3. The number of primary amides is 1. The molecule has 0 fully saturated rings. The average molecular weight is 510 g/mol. The third kappa shape index (κ3) is 10.4. The van der Waals surface area contributed by atoms with E-state index < -0.39 is 53.8 Å². The van der Waals surface area contributed by atoms with E-state index in [1.54, 1.807) is 30.3 Å². The summed E-state index contributed by atoms with van der Waals surface area (Å²) < 4.78 is 0. The van der Waals surface area contributed by atoms with Gasteiger partial charge in [-0.2, -0.15) is 12.6 Å². The highest BCUT2D eigenvalue weighted by atomic mass is 32.1. The minimum absolute atomic E-state index is 0.0547. The van der Waals surface area contributed by atoms with Crippen molar-refractivity contribution < 1.29 is 29.1 Å². The molecule has 0 aliphatic carbocycles. The van der Waals surface area contributed by atoms with Gasteiger partial charge in [0.2, 0.25) is 23.6 Å². The highest BCUT2D eigenvalue weighted by molar-refractivity contribution is 7.80. The molecule has 11 nitrogen and oxygen atoms in total. The van der Waals surface area contributed by atoms with Gasteiger partial charge in [-0.15, -0.1) is 0 Å². The van der Waals surface area contributed by atoms with Gasteiger partial charge in [0.1, 0.15) is 18.1 Å². The van der Waals surface area contributed by atoms with Gasteiger partial charge in [-0.25, -0.2) is 4.79 Å². The number of aliphatic carboxylic acids is 1. The van der Waals surface area contributed by atoms with Crippen molar-refractivity contribution in [2.45, 2.75) is 63.7 Å². The van der Waals surface area contributed by atoms with E-state index in [9.17, 15) is 29.1 Å². The minimum Gasteiger partial charge on any atom is -0.480 e. The van der Waals surface area contributed by atoms with Gasteiger partial charge in [-0.05, 0) is 17.9 Å². The molecule has 0 radical (unpaired) electrons. The molecule has 1 aromatic carbocycles. The molecular formula is C23H35N5O6S. The molecule has 0 spiro atoms. The largest absolute Gasteiger partial charge is 0.480 e. The summed E-state index contributed by atoms with van der Waals surface area (Å²) in [4.78, 5) is 61.0. The number of carboxylic acid groups (broad SMARTS) is 1. The van der Waals surface area contributed by atoms with Crippen LogP contribution in [0.2, 0.25) is 0 Å². The molecule has 0 heterocycles. The van der Waals surface area contributed by atoms with Crippen LogP contribution in [0.4, 0.5) is 0 Å². The van der Waals surface area contributed by atoms with Crippen LogP contribution in [0.5, 0.6) is 0 Å². The maximum atomic E-state index is 13.0. The standard InChI is InChI=1S/C23H35N5O6S/c1-3-13(2)19(25)22(32)28-17(12-35)21(31)27-16(11-14-7-5-4-6-8-14)20(30)26-15(23(33)34)9-10-18(24)29/h4-8,13,15-17,19,35H,3,9-12,25H2,1-2H3,(H2,24,29)(H,26,30)(H,27,31)(H,28,32)(H,33,34). The number of benzene rings is 1. The van der Waals surface area contributed by atoms with Crippen LogP contribution >= 0.6 is 12.6 Å². The van der Waals surface area contributed by atoms with Gasteiger partial charge in [0.05, 0.1) is 6.04 Å². The van der Waals surface area contributed by atoms with Crippen LogP contribution in [0, 0.1) is 5.92 Å². The third-order valence-corrected chi connectivity index (χ3v) is 5.95. The number of thiol groups is 1. The number of amides is 4. The van der Waals surface area contributed by atoms with Crippen LogP contribution in [0.3, 0.4) is 0 Å². The number of nitrogens with one attached hydrogen (secondary N) is 3. The number of carbonyl (C=O) groups excluding carboxylic acids is 4. The Labute approximate surface area is 210 Å². The van der Waals surface area contributed by atoms with E-state index in [4.69, 9.17) is 11.5 Å². The highest BCUT2D eigenvalue weighted by Gasteiger charge is 2.30. The molecule has 0 bridgehead atoms. The Bertz CT molecular complexity index is 884. The number of carboxylic acids is 1. The summed E-state index contributed by atoms with van der Waals surface area (Å²) in [7, 11) is 0. The Morgan fingerprint density at radius 2 is 1.49 bits per heavy atom. The molecule has 8 N–H and O–H groups in total. The Morgan fingerprint density at radius 3 is 2.00 bits per heavy atom. The van der Waals surface area contributed by atoms with E-state index in [-0.39, 0.29) is 30.9 Å². The summed E-state index contributed by atoms with van der Waals surface area (Å²) in [6, 6.07) is 4.36. The maximum absolute atomic E-state index is 13.0. The molecule has 35 heavy (non-hydrogen) atoms. The number of rotatable bonds is 15. The number of hydrogen-bond donors (Lipinski definition) is 7. The van der Waals surface area contributed by atoms with Gasteiger partial charge in [0, 0.05) is 18.6 Å². The summed E-state index contributed by atoms with van der Waals surface area (Å²) in [6.07, 6.45) is 0.286. The normalized spacial score (nSPS) is 15.1. The first-order valence-corrected chi connectivity index (χ1v) is 12.0. The lowest BCUT2D eigenvalue weighted by atomic mass is 9.99. The SMILES string of the molecule is CCC(C)C(N)C(=O)NC(CS)C(=O)NC(Cc1ccccc1)C(=O)NC(CCC(N)=O)C(=O)O. The Morgan fingerprint density at radius 1 is 0.943 bits per heavy atom. The Hall–Kier alpha value is -3.12.